The third-order valence-electron chi connectivity index (χ3n) is 26.4. The van der Waals surface area contributed by atoms with Crippen molar-refractivity contribution in [3.63, 3.8) is 0 Å². The maximum atomic E-state index is 12.9. The van der Waals surface area contributed by atoms with E-state index in [0.29, 0.717) is 109 Å². The van der Waals surface area contributed by atoms with Crippen LogP contribution < -0.4 is 5.32 Å². The summed E-state index contributed by atoms with van der Waals surface area (Å²) >= 11 is 0. The van der Waals surface area contributed by atoms with Gasteiger partial charge in [-0.05, 0) is 171 Å². The van der Waals surface area contributed by atoms with E-state index in [2.05, 4.69) is 82.4 Å². The quantitative estimate of drug-likeness (QED) is 0.0142. The van der Waals surface area contributed by atoms with Gasteiger partial charge in [0.1, 0.15) is 30.8 Å². The second-order valence-corrected chi connectivity index (χ2v) is 37.0. The van der Waals surface area contributed by atoms with Crippen LogP contribution in [0, 0.1) is 23.7 Å². The normalized spacial score (nSPS) is 24.2. The van der Waals surface area contributed by atoms with Crippen molar-refractivity contribution in [3.8, 4) is 0 Å². The molecule has 38 heteroatoms. The van der Waals surface area contributed by atoms with Gasteiger partial charge in [-0.1, -0.05) is 141 Å². The van der Waals surface area contributed by atoms with E-state index in [0.717, 1.165) is 124 Å². The van der Waals surface area contributed by atoms with Crippen LogP contribution in [-0.2, 0) is 66.5 Å². The van der Waals surface area contributed by atoms with Crippen LogP contribution in [0.3, 0.4) is 0 Å². The molecule has 12 aliphatic rings. The Hall–Kier alpha value is -7.56. The van der Waals surface area contributed by atoms with Gasteiger partial charge in [0.05, 0.1) is 50.3 Å². The third-order valence-corrected chi connectivity index (χ3v) is 27.1. The number of rotatable bonds is 39. The molecule has 8 bridgehead atoms. The highest BCUT2D eigenvalue weighted by molar-refractivity contribution is 7.81. The zero-order valence-electron chi connectivity index (χ0n) is 70.6. The number of amides is 8. The van der Waals surface area contributed by atoms with Gasteiger partial charge >= 0.3 is 34.5 Å². The van der Waals surface area contributed by atoms with Gasteiger partial charge in [-0.2, -0.15) is 27.9 Å². The Morgan fingerprint density at radius 2 is 0.767 bits per heavy atom. The molecule has 8 atom stereocenters. The molecule has 17 rings (SSSR count). The number of benzene rings is 1. The molecule has 0 unspecified atom stereocenters. The van der Waals surface area contributed by atoms with Crippen LogP contribution >= 0.6 is 0 Å². The average molecular weight is 1720 g/mol. The van der Waals surface area contributed by atoms with Crippen molar-refractivity contribution >= 4 is 44.9 Å². The molecule has 3 saturated carbocycles. The van der Waals surface area contributed by atoms with Gasteiger partial charge in [-0.25, -0.2) is 32.7 Å². The van der Waals surface area contributed by atoms with Gasteiger partial charge in [0, 0.05) is 51.9 Å². The lowest BCUT2D eigenvalue weighted by atomic mass is 9.82. The maximum absolute atomic E-state index is 12.9. The molecule has 120 heavy (non-hydrogen) atoms. The number of aromatic nitrogens is 8. The number of nitrogens with zero attached hydrogens (tertiary/aromatic N) is 17. The summed E-state index contributed by atoms with van der Waals surface area (Å²) in [5, 5.41) is 49.8. The van der Waals surface area contributed by atoms with Crippen molar-refractivity contribution in [1.82, 2.24) is 86.0 Å². The van der Waals surface area contributed by atoms with E-state index >= 15 is 0 Å². The first-order valence-electron chi connectivity index (χ1n) is 45.0. The van der Waals surface area contributed by atoms with Crippen molar-refractivity contribution in [2.45, 2.75) is 320 Å². The number of carbonyl (C=O) groups excluding carboxylic acids is 4. The molecule has 666 valence electrons. The van der Waals surface area contributed by atoms with Crippen molar-refractivity contribution in [2.24, 2.45) is 23.7 Å². The highest BCUT2D eigenvalue weighted by Gasteiger charge is 2.52. The number of fused-ring (bicyclic) bond motifs is 8. The number of piperidine rings is 4. The lowest BCUT2D eigenvalue weighted by Crippen LogP contribution is -2.50. The minimum absolute atomic E-state index is 0.0892. The molecule has 8 amide bonds. The van der Waals surface area contributed by atoms with Crippen molar-refractivity contribution in [2.75, 3.05) is 65.4 Å². The summed E-state index contributed by atoms with van der Waals surface area (Å²) in [5.74, 6) is 7.62. The Morgan fingerprint density at radius 1 is 0.433 bits per heavy atom. The number of aryl methyl sites for hydroxylation is 4. The average Bonchev–Trinajstić information content (AvgIpc) is 1.64. The van der Waals surface area contributed by atoms with E-state index in [4.69, 9.17) is 27.1 Å². The van der Waals surface area contributed by atoms with Crippen LogP contribution in [0.25, 0.3) is 0 Å². The van der Waals surface area contributed by atoms with Crippen molar-refractivity contribution < 1.29 is 85.9 Å². The molecular formula is C82H128N18O18S2. The Labute approximate surface area is 705 Å². The summed E-state index contributed by atoms with van der Waals surface area (Å²) in [6, 6.07) is 6.12. The zero-order chi connectivity index (χ0) is 84.3. The molecule has 12 fully saturated rings. The molecule has 3 aliphatic carbocycles. The van der Waals surface area contributed by atoms with Crippen molar-refractivity contribution in [3.05, 3.63) is 83.0 Å². The van der Waals surface area contributed by atoms with Gasteiger partial charge in [0.2, 0.25) is 57.5 Å². The lowest BCUT2D eigenvalue weighted by Gasteiger charge is -2.39. The molecule has 4 aromatic heterocycles. The predicted octanol–water partition coefficient (Wildman–Crippen LogP) is 13.6. The number of hydrogen-bond acceptors (Lipinski definition) is 26. The van der Waals surface area contributed by atoms with Gasteiger partial charge in [-0.15, -0.1) is 45.1 Å². The number of hydroxylamine groups is 8. The minimum atomic E-state index is -4.99. The summed E-state index contributed by atoms with van der Waals surface area (Å²) in [6.45, 7) is 19.3. The minimum Gasteiger partial charge on any atom is -0.724 e. The number of urea groups is 4. The molecule has 9 aliphatic heterocycles. The van der Waals surface area contributed by atoms with E-state index in [1.54, 1.807) is 9.96 Å². The standard InChI is InChI=1S/C22H28N4O3.C16H36N.C15H22N4O6S.C15H22N4O3.C14H21N5O6S/c27-22-25-14-18(26(22)28-15-17-6-2-1-3-7-17)12-13-19(25)21-24-23-20(29-21)11-5-10-16-8-4-9-16;1-5-9-13-17(14-10-6-2,15-11-7-3)16-12-8-4;20-15-18-9-11(19(15)25-26(21,22)23)7-8-12(18)14-17-16-13(24-14)6-2-5-10-3-1-4-10;20-15-18-9-11(19(15)21)7-8-12(18)14-17-16-13(22-14)6-2-5-10-3-1-4-10;20-14-18-8-10(19(14)25-26(21,22)23)4-5-11(18)13-17-16-12(24-13)3-1-2-9-6-15-7-9/h1-3,6-7,16,18-19H,4-5,8-15H2;5-16H2,1-4H3;10-12H,1-9H2,(H,21,22,23);10-12,21H,1-9H2;9-11,15H,1-8H2,(H,21,22,23)/q;+1;;;/p-1/t18-,19+;;2*11-,12+;10-,11+/m1.111/s1. The zero-order valence-corrected chi connectivity index (χ0v) is 72.2. The lowest BCUT2D eigenvalue weighted by molar-refractivity contribution is -0.929. The number of hydrogen-bond donors (Lipinski definition) is 3. The molecule has 36 nitrogen and oxygen atoms in total. The third kappa shape index (κ3) is 23.9. The first-order chi connectivity index (χ1) is 58.0. The van der Waals surface area contributed by atoms with Crippen LogP contribution in [0.15, 0.2) is 48.0 Å². The van der Waals surface area contributed by atoms with E-state index in [9.17, 15) is 45.8 Å². The number of nitrogens with one attached hydrogen (secondary N) is 1. The van der Waals surface area contributed by atoms with E-state index in [-0.39, 0.29) is 49.3 Å². The molecular weight excluding hydrogens is 1590 g/mol. The van der Waals surface area contributed by atoms with Gasteiger partial charge in [0.25, 0.3) is 0 Å². The number of quaternary nitrogens is 1. The highest BCUT2D eigenvalue weighted by Crippen LogP contribution is 2.44. The Bertz CT molecular complexity index is 4130. The number of unbranched alkanes of at least 4 members (excludes halogenated alkanes) is 4. The Balaban J connectivity index is 0.000000131. The second-order valence-electron chi connectivity index (χ2n) is 35.1. The van der Waals surface area contributed by atoms with Crippen LogP contribution in [-0.4, -0.2) is 230 Å². The fourth-order valence-electron chi connectivity index (χ4n) is 18.6. The van der Waals surface area contributed by atoms with Gasteiger partial charge < -0.3 is 51.6 Å². The van der Waals surface area contributed by atoms with Crippen molar-refractivity contribution in [1.29, 1.82) is 0 Å². The summed E-state index contributed by atoms with van der Waals surface area (Å²) in [5.41, 5.74) is 1.05. The first-order valence-corrected chi connectivity index (χ1v) is 47.7. The summed E-state index contributed by atoms with van der Waals surface area (Å²) in [6.07, 6.45) is 40.6. The van der Waals surface area contributed by atoms with Crippen LogP contribution in [0.2, 0.25) is 0 Å². The van der Waals surface area contributed by atoms with Gasteiger partial charge in [0.15, 0.2) is 0 Å². The Morgan fingerprint density at radius 3 is 1.10 bits per heavy atom. The van der Waals surface area contributed by atoms with Crippen LogP contribution in [0.1, 0.15) is 316 Å². The highest BCUT2D eigenvalue weighted by atomic mass is 32.3. The number of carbonyl (C=O) groups is 4. The molecule has 1 aromatic carbocycles. The molecule has 0 radical (unpaired) electrons. The van der Waals surface area contributed by atoms with E-state index < -0.39 is 57.0 Å². The first kappa shape index (κ1) is 90.2. The smallest absolute Gasteiger partial charge is 0.418 e. The SMILES string of the molecule is CCCC[N+](CCCC)(CCCC)CCCC.O=C1N(O)[C@@H]2CC[C@@H](c3nnc(CCCC4CCC4)o3)N1C2.O=C1N2C[C@@H](CC[C@H]2c2nnc(CCCC3CCC3)o2)N1OCc1ccccc1.O=C1N2C[C@@H](CC[C@H]2c2nnc(CCCC3CCC3)o2)N1OS(=O)(=O)[O-].O=C1N2C[C@@H](CC[C@H]2c2nnc(CCCC3CNC3)o2)N1OS(=O)(=O)O. The van der Waals surface area contributed by atoms with Crippen LogP contribution in [0.5, 0.6) is 0 Å². The molecule has 9 saturated heterocycles. The predicted molar refractivity (Wildman–Crippen MR) is 432 cm³/mol. The monoisotopic (exact) mass is 1720 g/mol. The molecule has 13 heterocycles. The topological polar surface area (TPSA) is 421 Å². The molecule has 5 aromatic rings. The maximum Gasteiger partial charge on any atom is 0.418 e. The van der Waals surface area contributed by atoms with E-state index in [1.165, 1.54) is 169 Å². The van der Waals surface area contributed by atoms with E-state index in [1.807, 2.05) is 35.2 Å². The summed E-state index contributed by atoms with van der Waals surface area (Å²) in [7, 11) is -9.74. The van der Waals surface area contributed by atoms with Crippen LogP contribution in [0.4, 0.5) is 19.2 Å². The second kappa shape index (κ2) is 42.7. The largest absolute Gasteiger partial charge is 0.724 e. The summed E-state index contributed by atoms with van der Waals surface area (Å²) < 4.78 is 96.5. The molecule has 3 N–H and O–H groups in total. The molecule has 0 spiro atoms. The fourth-order valence-corrected chi connectivity index (χ4v) is 19.3. The summed E-state index contributed by atoms with van der Waals surface area (Å²) in [4.78, 5) is 61.9. The van der Waals surface area contributed by atoms with Gasteiger partial charge in [-0.3, -0.25) is 14.6 Å². The fraction of sp³-hybridized carbons (Fsp3) is 0.780. The Kier molecular flexibility index (Phi) is 32.1.